The van der Waals surface area contributed by atoms with Crippen LogP contribution in [0.5, 0.6) is 0 Å². The number of rotatable bonds is 5. The molecule has 0 saturated carbocycles. The molecule has 110 valence electrons. The number of hydrogen-bond acceptors (Lipinski definition) is 7. The molecule has 7 nitrogen and oxygen atoms in total. The topological polar surface area (TPSA) is 80.5 Å². The van der Waals surface area contributed by atoms with E-state index in [9.17, 15) is 0 Å². The highest BCUT2D eigenvalue weighted by Crippen LogP contribution is 2.29. The average Bonchev–Trinajstić information content (AvgIpc) is 3.04. The minimum atomic E-state index is 0.630. The number of thiophene rings is 1. The Balaban J connectivity index is 1.80. The van der Waals surface area contributed by atoms with E-state index >= 15 is 0 Å². The maximum Gasteiger partial charge on any atom is 0.225 e. The maximum atomic E-state index is 4.50. The highest BCUT2D eigenvalue weighted by atomic mass is 32.1. The van der Waals surface area contributed by atoms with Gasteiger partial charge in [-0.25, -0.2) is 4.98 Å². The summed E-state index contributed by atoms with van der Waals surface area (Å²) in [6, 6.07) is 2.12. The van der Waals surface area contributed by atoms with Crippen LogP contribution in [0.2, 0.25) is 0 Å². The second-order valence-corrected chi connectivity index (χ2v) is 5.99. The minimum absolute atomic E-state index is 0.630. The molecule has 0 aliphatic carbocycles. The summed E-state index contributed by atoms with van der Waals surface area (Å²) < 4.78 is 1.92. The fourth-order valence-corrected chi connectivity index (χ4v) is 2.99. The zero-order valence-corrected chi connectivity index (χ0v) is 13.0. The second-order valence-electron chi connectivity index (χ2n) is 4.76. The Bertz CT molecular complexity index is 761. The van der Waals surface area contributed by atoms with Gasteiger partial charge in [-0.2, -0.15) is 4.98 Å². The molecule has 0 aliphatic rings. The summed E-state index contributed by atoms with van der Waals surface area (Å²) in [4.78, 5) is 11.2. The largest absolute Gasteiger partial charge is 0.369 e. The van der Waals surface area contributed by atoms with E-state index in [1.165, 1.54) is 4.88 Å². The lowest BCUT2D eigenvalue weighted by molar-refractivity contribution is 0.787. The minimum Gasteiger partial charge on any atom is -0.369 e. The van der Waals surface area contributed by atoms with Crippen molar-refractivity contribution in [1.82, 2.24) is 24.7 Å². The summed E-state index contributed by atoms with van der Waals surface area (Å²) in [6.45, 7) is 2.82. The highest BCUT2D eigenvalue weighted by molar-refractivity contribution is 7.18. The first-order chi connectivity index (χ1) is 10.2. The molecular formula is C13H17N7S. The van der Waals surface area contributed by atoms with E-state index < -0.39 is 0 Å². The van der Waals surface area contributed by atoms with Gasteiger partial charge in [0, 0.05) is 31.9 Å². The molecule has 3 aromatic heterocycles. The third kappa shape index (κ3) is 2.80. The van der Waals surface area contributed by atoms with Crippen LogP contribution in [0.3, 0.4) is 0 Å². The van der Waals surface area contributed by atoms with Crippen LogP contribution in [0.25, 0.3) is 10.2 Å². The smallest absolute Gasteiger partial charge is 0.225 e. The molecule has 0 radical (unpaired) electrons. The molecule has 3 heterocycles. The van der Waals surface area contributed by atoms with E-state index in [1.807, 2.05) is 18.7 Å². The zero-order valence-electron chi connectivity index (χ0n) is 12.2. The summed E-state index contributed by atoms with van der Waals surface area (Å²) >= 11 is 1.67. The van der Waals surface area contributed by atoms with E-state index in [-0.39, 0.29) is 0 Å². The molecule has 21 heavy (non-hydrogen) atoms. The Morgan fingerprint density at radius 2 is 2.19 bits per heavy atom. The van der Waals surface area contributed by atoms with E-state index in [0.29, 0.717) is 5.95 Å². The molecular weight excluding hydrogens is 286 g/mol. The number of anilines is 2. The molecule has 0 atom stereocenters. The van der Waals surface area contributed by atoms with Gasteiger partial charge in [0.1, 0.15) is 22.8 Å². The standard InChI is InChI=1S/C13H17N7S/c1-8-6-9-11(17-13(14-2)18-12(9)21-8)15-5-4-10-19-16-7-20(10)3/h6-7H,4-5H2,1-3H3,(H2,14,15,17,18). The van der Waals surface area contributed by atoms with Crippen molar-refractivity contribution in [1.29, 1.82) is 0 Å². The van der Waals surface area contributed by atoms with Crippen molar-refractivity contribution >= 4 is 33.3 Å². The molecule has 0 spiro atoms. The van der Waals surface area contributed by atoms with Crippen LogP contribution >= 0.6 is 11.3 Å². The summed E-state index contributed by atoms with van der Waals surface area (Å²) in [7, 11) is 3.77. The normalized spacial score (nSPS) is 11.0. The van der Waals surface area contributed by atoms with Crippen molar-refractivity contribution in [3.8, 4) is 0 Å². The Morgan fingerprint density at radius 3 is 2.90 bits per heavy atom. The lowest BCUT2D eigenvalue weighted by Gasteiger charge is -2.08. The molecule has 0 aliphatic heterocycles. The lowest BCUT2D eigenvalue weighted by atomic mass is 10.3. The van der Waals surface area contributed by atoms with Crippen LogP contribution in [0.1, 0.15) is 10.7 Å². The molecule has 0 amide bonds. The first-order valence-electron chi connectivity index (χ1n) is 6.70. The SMILES string of the molecule is CNc1nc(NCCc2nncn2C)c2cc(C)sc2n1. The van der Waals surface area contributed by atoms with Gasteiger partial charge in [-0.1, -0.05) is 0 Å². The van der Waals surface area contributed by atoms with Gasteiger partial charge in [0.15, 0.2) is 0 Å². The van der Waals surface area contributed by atoms with E-state index in [2.05, 4.69) is 43.8 Å². The predicted molar refractivity (Wildman–Crippen MR) is 84.9 cm³/mol. The number of nitrogens with zero attached hydrogens (tertiary/aromatic N) is 5. The van der Waals surface area contributed by atoms with Crippen molar-refractivity contribution in [3.05, 3.63) is 23.1 Å². The fraction of sp³-hybridized carbons (Fsp3) is 0.385. The summed E-state index contributed by atoms with van der Waals surface area (Å²) in [5.41, 5.74) is 0. The van der Waals surface area contributed by atoms with Gasteiger partial charge in [-0.15, -0.1) is 21.5 Å². The van der Waals surface area contributed by atoms with Gasteiger partial charge in [-0.3, -0.25) is 0 Å². The van der Waals surface area contributed by atoms with Gasteiger partial charge < -0.3 is 15.2 Å². The molecule has 0 aromatic carbocycles. The molecule has 0 fully saturated rings. The summed E-state index contributed by atoms with van der Waals surface area (Å²) in [5.74, 6) is 2.43. The van der Waals surface area contributed by atoms with Crippen LogP contribution in [-0.2, 0) is 13.5 Å². The summed E-state index contributed by atoms with van der Waals surface area (Å²) in [5, 5.41) is 15.4. The first kappa shape index (κ1) is 13.7. The van der Waals surface area contributed by atoms with Gasteiger partial charge in [0.25, 0.3) is 0 Å². The number of aryl methyl sites for hydroxylation is 2. The van der Waals surface area contributed by atoms with Crippen LogP contribution in [0.15, 0.2) is 12.4 Å². The monoisotopic (exact) mass is 303 g/mol. The number of hydrogen-bond donors (Lipinski definition) is 2. The predicted octanol–water partition coefficient (Wildman–Crippen LogP) is 1.82. The van der Waals surface area contributed by atoms with E-state index in [0.717, 1.165) is 34.8 Å². The molecule has 8 heteroatoms. The van der Waals surface area contributed by atoms with Gasteiger partial charge in [-0.05, 0) is 13.0 Å². The number of nitrogens with one attached hydrogen (secondary N) is 2. The zero-order chi connectivity index (χ0) is 14.8. The molecule has 2 N–H and O–H groups in total. The highest BCUT2D eigenvalue weighted by Gasteiger charge is 2.10. The second kappa shape index (κ2) is 5.65. The Kier molecular flexibility index (Phi) is 3.70. The van der Waals surface area contributed by atoms with Crippen LogP contribution in [0.4, 0.5) is 11.8 Å². The molecule has 0 saturated heterocycles. The first-order valence-corrected chi connectivity index (χ1v) is 7.51. The van der Waals surface area contributed by atoms with Gasteiger partial charge >= 0.3 is 0 Å². The summed E-state index contributed by atoms with van der Waals surface area (Å²) in [6.07, 6.45) is 2.50. The fourth-order valence-electron chi connectivity index (χ4n) is 2.11. The van der Waals surface area contributed by atoms with Crippen molar-refractivity contribution in [2.45, 2.75) is 13.3 Å². The number of aromatic nitrogens is 5. The quantitative estimate of drug-likeness (QED) is 0.748. The molecule has 0 bridgehead atoms. The molecule has 0 unspecified atom stereocenters. The molecule has 3 rings (SSSR count). The molecule has 3 aromatic rings. The van der Waals surface area contributed by atoms with Gasteiger partial charge in [0.05, 0.1) is 5.39 Å². The third-order valence-corrected chi connectivity index (χ3v) is 4.13. The van der Waals surface area contributed by atoms with Gasteiger partial charge in [0.2, 0.25) is 5.95 Å². The Labute approximate surface area is 126 Å². The lowest BCUT2D eigenvalue weighted by Crippen LogP contribution is -2.10. The van der Waals surface area contributed by atoms with Crippen molar-refractivity contribution in [3.63, 3.8) is 0 Å². The van der Waals surface area contributed by atoms with Crippen LogP contribution in [0, 0.1) is 6.92 Å². The third-order valence-electron chi connectivity index (χ3n) is 3.19. The average molecular weight is 303 g/mol. The van der Waals surface area contributed by atoms with Crippen molar-refractivity contribution < 1.29 is 0 Å². The van der Waals surface area contributed by atoms with Crippen molar-refractivity contribution in [2.75, 3.05) is 24.2 Å². The van der Waals surface area contributed by atoms with E-state index in [1.54, 1.807) is 17.7 Å². The van der Waals surface area contributed by atoms with E-state index in [4.69, 9.17) is 0 Å². The Hall–Kier alpha value is -2.22. The van der Waals surface area contributed by atoms with Crippen LogP contribution in [-0.4, -0.2) is 38.3 Å². The van der Waals surface area contributed by atoms with Crippen LogP contribution < -0.4 is 10.6 Å². The van der Waals surface area contributed by atoms with Crippen molar-refractivity contribution in [2.24, 2.45) is 7.05 Å². The number of fused-ring (bicyclic) bond motifs is 1. The maximum absolute atomic E-state index is 4.50. The Morgan fingerprint density at radius 1 is 1.33 bits per heavy atom.